The van der Waals surface area contributed by atoms with E-state index in [2.05, 4.69) is 22.9 Å². The molecule has 2 atom stereocenters. The van der Waals surface area contributed by atoms with Crippen LogP contribution in [0, 0.1) is 11.6 Å². The minimum absolute atomic E-state index is 0.344. The van der Waals surface area contributed by atoms with E-state index in [0.717, 1.165) is 0 Å². The van der Waals surface area contributed by atoms with Crippen LogP contribution in [0.3, 0.4) is 0 Å². The van der Waals surface area contributed by atoms with Crippen LogP contribution in [0.1, 0.15) is 23.4 Å². The quantitative estimate of drug-likeness (QED) is 0.665. The second kappa shape index (κ2) is 7.39. The molecule has 0 aliphatic rings. The van der Waals surface area contributed by atoms with Crippen LogP contribution in [0.2, 0.25) is 0 Å². The highest BCUT2D eigenvalue weighted by atomic mass is 32.1. The van der Waals surface area contributed by atoms with Gasteiger partial charge in [-0.2, -0.15) is 0 Å². The summed E-state index contributed by atoms with van der Waals surface area (Å²) in [6, 6.07) is 11.4. The van der Waals surface area contributed by atoms with Crippen molar-refractivity contribution in [1.82, 2.24) is 15.0 Å². The van der Waals surface area contributed by atoms with Gasteiger partial charge >= 0.3 is 0 Å². The first-order valence-electron chi connectivity index (χ1n) is 7.88. The zero-order chi connectivity index (χ0) is 18.7. The summed E-state index contributed by atoms with van der Waals surface area (Å²) in [6.07, 6.45) is 4.79. The van der Waals surface area contributed by atoms with Gasteiger partial charge in [-0.15, -0.1) is 17.7 Å². The average Bonchev–Trinajstić information content (AvgIpc) is 3.17. The molecule has 3 rings (SSSR count). The number of nitrogens with zero attached hydrogens (tertiary/aromatic N) is 3. The predicted octanol–water partition coefficient (Wildman–Crippen LogP) is 3.98. The third-order valence-corrected chi connectivity index (χ3v) is 4.81. The van der Waals surface area contributed by atoms with Crippen LogP contribution >= 0.6 is 12.6 Å². The Bertz CT molecular complexity index is 896. The molecule has 4 nitrogen and oxygen atoms in total. The average molecular weight is 373 g/mol. The predicted molar refractivity (Wildman–Crippen MR) is 98.4 cm³/mol. The molecule has 7 heteroatoms. The number of rotatable bonds is 5. The van der Waals surface area contributed by atoms with Gasteiger partial charge in [-0.1, -0.05) is 35.6 Å². The Morgan fingerprint density at radius 3 is 2.23 bits per heavy atom. The molecule has 1 aromatic heterocycles. The van der Waals surface area contributed by atoms with Crippen molar-refractivity contribution in [2.45, 2.75) is 17.9 Å². The Balaban J connectivity index is 2.10. The summed E-state index contributed by atoms with van der Waals surface area (Å²) in [5, 5.41) is 18.4. The number of hydrogen-bond acceptors (Lipinski definition) is 4. The Labute approximate surface area is 155 Å². The topological polar surface area (TPSA) is 50.9 Å². The summed E-state index contributed by atoms with van der Waals surface area (Å²) < 4.78 is 27.9. The van der Waals surface area contributed by atoms with Gasteiger partial charge in [0.15, 0.2) is 0 Å². The maximum Gasteiger partial charge on any atom is 0.142 e. The Hall–Kier alpha value is -2.51. The highest BCUT2D eigenvalue weighted by Gasteiger charge is 2.40. The molecule has 0 saturated heterocycles. The molecule has 0 aliphatic heterocycles. The van der Waals surface area contributed by atoms with Crippen molar-refractivity contribution in [2.24, 2.45) is 0 Å². The van der Waals surface area contributed by atoms with Crippen LogP contribution in [-0.4, -0.2) is 20.1 Å². The van der Waals surface area contributed by atoms with Crippen molar-refractivity contribution in [3.63, 3.8) is 0 Å². The molecular formula is C19H17F2N3OS. The molecule has 1 N–H and O–H groups in total. The lowest BCUT2D eigenvalue weighted by atomic mass is 9.85. The molecule has 0 radical (unpaired) electrons. The normalized spacial score (nSPS) is 15.5. The first-order chi connectivity index (χ1) is 12.4. The van der Waals surface area contributed by atoms with Crippen molar-refractivity contribution in [2.75, 3.05) is 0 Å². The van der Waals surface area contributed by atoms with Gasteiger partial charge in [0.25, 0.3) is 0 Å². The third-order valence-electron chi connectivity index (χ3n) is 4.20. The molecule has 2 unspecified atom stereocenters. The minimum atomic E-state index is -1.60. The largest absolute Gasteiger partial charge is 0.378 e. The minimum Gasteiger partial charge on any atom is -0.378 e. The summed E-state index contributed by atoms with van der Waals surface area (Å²) in [7, 11) is 0. The number of halogens is 2. The van der Waals surface area contributed by atoms with Crippen LogP contribution in [0.5, 0.6) is 0 Å². The fourth-order valence-corrected chi connectivity index (χ4v) is 3.22. The SMILES string of the molecule is CC(=Cc1ccc(F)cc1)C(O)(c1ccc(F)cc1)C(S)n1ccnn1. The van der Waals surface area contributed by atoms with Crippen LogP contribution in [0.25, 0.3) is 6.08 Å². The summed E-state index contributed by atoms with van der Waals surface area (Å²) >= 11 is 4.54. The fourth-order valence-electron chi connectivity index (χ4n) is 2.74. The monoisotopic (exact) mass is 373 g/mol. The van der Waals surface area contributed by atoms with Crippen molar-refractivity contribution < 1.29 is 13.9 Å². The van der Waals surface area contributed by atoms with Crippen LogP contribution in [-0.2, 0) is 5.60 Å². The van der Waals surface area contributed by atoms with E-state index in [0.29, 0.717) is 16.7 Å². The molecule has 0 aliphatic carbocycles. The molecule has 3 aromatic rings. The van der Waals surface area contributed by atoms with E-state index in [1.807, 2.05) is 0 Å². The smallest absolute Gasteiger partial charge is 0.142 e. The van der Waals surface area contributed by atoms with Crippen LogP contribution < -0.4 is 0 Å². The molecular weight excluding hydrogens is 356 g/mol. The Kier molecular flexibility index (Phi) is 5.20. The molecule has 2 aromatic carbocycles. The summed E-state index contributed by atoms with van der Waals surface area (Å²) in [5.41, 5.74) is 0.0962. The van der Waals surface area contributed by atoms with Crippen molar-refractivity contribution >= 4 is 18.7 Å². The second-order valence-corrected chi connectivity index (χ2v) is 6.40. The zero-order valence-electron chi connectivity index (χ0n) is 13.9. The summed E-state index contributed by atoms with van der Waals surface area (Å²) in [4.78, 5) is 0. The number of aliphatic hydroxyl groups is 1. The molecule has 26 heavy (non-hydrogen) atoms. The van der Waals surface area contributed by atoms with Gasteiger partial charge < -0.3 is 5.11 Å². The molecule has 0 amide bonds. The molecule has 1 heterocycles. The first kappa shape index (κ1) is 18.3. The van der Waals surface area contributed by atoms with E-state index in [1.54, 1.807) is 31.3 Å². The van der Waals surface area contributed by atoms with E-state index in [4.69, 9.17) is 0 Å². The van der Waals surface area contributed by atoms with Gasteiger partial charge in [0.2, 0.25) is 0 Å². The van der Waals surface area contributed by atoms with Crippen molar-refractivity contribution in [3.8, 4) is 0 Å². The van der Waals surface area contributed by atoms with Gasteiger partial charge in [0.1, 0.15) is 22.6 Å². The van der Waals surface area contributed by atoms with E-state index in [-0.39, 0.29) is 5.82 Å². The lowest BCUT2D eigenvalue weighted by molar-refractivity contribution is 0.0499. The molecule has 0 bridgehead atoms. The maximum atomic E-state index is 13.4. The van der Waals surface area contributed by atoms with Crippen LogP contribution in [0.4, 0.5) is 8.78 Å². The molecule has 0 saturated carbocycles. The summed E-state index contributed by atoms with van der Waals surface area (Å²) in [6.45, 7) is 1.73. The Morgan fingerprint density at radius 2 is 1.69 bits per heavy atom. The molecule has 134 valence electrons. The van der Waals surface area contributed by atoms with E-state index in [9.17, 15) is 13.9 Å². The van der Waals surface area contributed by atoms with Crippen molar-refractivity contribution in [1.29, 1.82) is 0 Å². The number of hydrogen-bond donors (Lipinski definition) is 2. The Morgan fingerprint density at radius 1 is 1.12 bits per heavy atom. The maximum absolute atomic E-state index is 13.4. The fraction of sp³-hybridized carbons (Fsp3) is 0.158. The number of thiol groups is 1. The second-order valence-electron chi connectivity index (χ2n) is 5.91. The highest BCUT2D eigenvalue weighted by molar-refractivity contribution is 7.80. The molecule has 0 spiro atoms. The van der Waals surface area contributed by atoms with E-state index < -0.39 is 16.8 Å². The molecule has 0 fully saturated rings. The van der Waals surface area contributed by atoms with E-state index in [1.165, 1.54) is 47.3 Å². The number of aromatic nitrogens is 3. The first-order valence-corrected chi connectivity index (χ1v) is 8.39. The zero-order valence-corrected chi connectivity index (χ0v) is 14.8. The van der Waals surface area contributed by atoms with E-state index >= 15 is 0 Å². The standard InChI is InChI=1S/C19H17F2N3OS/c1-13(12-14-2-6-16(20)7-3-14)19(25,15-4-8-17(21)9-5-15)18(26)24-11-10-22-23-24/h2-12,18,25-26H,1H3. The van der Waals surface area contributed by atoms with Gasteiger partial charge in [0, 0.05) is 6.20 Å². The lowest BCUT2D eigenvalue weighted by Crippen LogP contribution is -2.35. The van der Waals surface area contributed by atoms with Crippen molar-refractivity contribution in [3.05, 3.63) is 89.3 Å². The van der Waals surface area contributed by atoms with Crippen LogP contribution in [0.15, 0.2) is 66.5 Å². The van der Waals surface area contributed by atoms with Gasteiger partial charge in [-0.3, -0.25) is 0 Å². The lowest BCUT2D eigenvalue weighted by Gasteiger charge is -2.35. The van der Waals surface area contributed by atoms with Gasteiger partial charge in [-0.25, -0.2) is 13.5 Å². The third kappa shape index (κ3) is 3.54. The van der Waals surface area contributed by atoms with Gasteiger partial charge in [-0.05, 0) is 47.9 Å². The number of benzene rings is 2. The summed E-state index contributed by atoms with van der Waals surface area (Å²) in [5.74, 6) is -0.754. The van der Waals surface area contributed by atoms with Gasteiger partial charge in [0.05, 0.1) is 6.20 Å². The highest BCUT2D eigenvalue weighted by Crippen LogP contribution is 2.42.